The summed E-state index contributed by atoms with van der Waals surface area (Å²) in [7, 11) is 0. The molecule has 4 rings (SSSR count). The molecule has 3 heterocycles. The van der Waals surface area contributed by atoms with Crippen molar-refractivity contribution in [2.24, 2.45) is 0 Å². The first kappa shape index (κ1) is 18.3. The number of thioether (sulfide) groups is 1. The lowest BCUT2D eigenvalue weighted by atomic mass is 9.79. The van der Waals surface area contributed by atoms with Crippen LogP contribution in [0.25, 0.3) is 0 Å². The second kappa shape index (κ2) is 7.89. The van der Waals surface area contributed by atoms with Gasteiger partial charge < -0.3 is 4.74 Å². The maximum Gasteiger partial charge on any atom is 0.0967 e. The van der Waals surface area contributed by atoms with E-state index < -0.39 is 0 Å². The molecule has 1 spiro atoms. The number of aromatic nitrogens is 3. The Morgan fingerprint density at radius 3 is 2.96 bits per heavy atom. The van der Waals surface area contributed by atoms with Gasteiger partial charge in [0.1, 0.15) is 0 Å². The number of hydrogen-bond acceptors (Lipinski definition) is 5. The molecule has 1 aromatic heterocycles. The van der Waals surface area contributed by atoms with Gasteiger partial charge in [-0.15, -0.1) is 5.10 Å². The van der Waals surface area contributed by atoms with Gasteiger partial charge in [-0.25, -0.2) is 0 Å². The zero-order chi connectivity index (χ0) is 18.0. The zero-order valence-corrected chi connectivity index (χ0v) is 16.7. The number of fused-ring (bicyclic) bond motifs is 2. The third-order valence-corrected chi connectivity index (χ3v) is 6.30. The Morgan fingerprint density at radius 1 is 1.31 bits per heavy atom. The predicted octanol–water partition coefficient (Wildman–Crippen LogP) is 3.36. The third-order valence-electron chi connectivity index (χ3n) is 5.47. The lowest BCUT2D eigenvalue weighted by molar-refractivity contribution is -0.0990. The number of nitrogens with zero attached hydrogens (tertiary/aromatic N) is 4. The smallest absolute Gasteiger partial charge is 0.0967 e. The van der Waals surface area contributed by atoms with Gasteiger partial charge in [-0.1, -0.05) is 22.9 Å². The molecule has 7 heteroatoms. The molecule has 0 radical (unpaired) electrons. The van der Waals surface area contributed by atoms with Crippen LogP contribution < -0.4 is 0 Å². The van der Waals surface area contributed by atoms with E-state index in [4.69, 9.17) is 16.3 Å². The number of halogens is 1. The van der Waals surface area contributed by atoms with Gasteiger partial charge in [0.2, 0.25) is 0 Å². The van der Waals surface area contributed by atoms with Crippen molar-refractivity contribution >= 4 is 23.4 Å². The average molecular weight is 393 g/mol. The Labute approximate surface area is 164 Å². The Bertz CT molecular complexity index is 758. The van der Waals surface area contributed by atoms with E-state index in [1.54, 1.807) is 0 Å². The van der Waals surface area contributed by atoms with E-state index >= 15 is 0 Å². The van der Waals surface area contributed by atoms with Crippen LogP contribution in [-0.4, -0.2) is 51.6 Å². The van der Waals surface area contributed by atoms with Crippen molar-refractivity contribution in [2.45, 2.75) is 38.0 Å². The molecule has 0 N–H and O–H groups in total. The molecule has 0 saturated carbocycles. The van der Waals surface area contributed by atoms with Crippen molar-refractivity contribution in [1.82, 2.24) is 19.9 Å². The largest absolute Gasteiger partial charge is 0.370 e. The van der Waals surface area contributed by atoms with Crippen LogP contribution in [0.15, 0.2) is 24.4 Å². The predicted molar refractivity (Wildman–Crippen MR) is 106 cm³/mol. The molecule has 1 saturated heterocycles. The summed E-state index contributed by atoms with van der Waals surface area (Å²) < 4.78 is 8.26. The van der Waals surface area contributed by atoms with Crippen molar-refractivity contribution in [2.75, 3.05) is 31.7 Å². The van der Waals surface area contributed by atoms with Gasteiger partial charge in [-0.3, -0.25) is 9.58 Å². The molecule has 5 nitrogen and oxygen atoms in total. The Hall–Kier alpha value is -1.08. The second-order valence-electron chi connectivity index (χ2n) is 7.14. The van der Waals surface area contributed by atoms with E-state index in [0.29, 0.717) is 0 Å². The quantitative estimate of drug-likeness (QED) is 0.780. The molecule has 1 aromatic carbocycles. The monoisotopic (exact) mass is 392 g/mol. The normalized spacial score (nSPS) is 19.6. The second-order valence-corrected chi connectivity index (χ2v) is 8.56. The van der Waals surface area contributed by atoms with Gasteiger partial charge in [-0.2, -0.15) is 11.8 Å². The third kappa shape index (κ3) is 3.79. The van der Waals surface area contributed by atoms with Crippen molar-refractivity contribution in [1.29, 1.82) is 0 Å². The minimum absolute atomic E-state index is 0.162. The summed E-state index contributed by atoms with van der Waals surface area (Å²) >= 11 is 8.10. The summed E-state index contributed by atoms with van der Waals surface area (Å²) in [5.41, 5.74) is 3.59. The van der Waals surface area contributed by atoms with Gasteiger partial charge in [0.25, 0.3) is 0 Å². The van der Waals surface area contributed by atoms with Crippen LogP contribution in [0.3, 0.4) is 0 Å². The van der Waals surface area contributed by atoms with E-state index in [1.807, 2.05) is 22.5 Å². The van der Waals surface area contributed by atoms with E-state index in [2.05, 4.69) is 39.8 Å². The fourth-order valence-corrected chi connectivity index (χ4v) is 4.59. The first-order valence-electron chi connectivity index (χ1n) is 9.22. The number of aryl methyl sites for hydroxylation is 1. The molecule has 2 aliphatic heterocycles. The fraction of sp³-hybridized carbons (Fsp3) is 0.579. The number of rotatable bonds is 5. The number of hydrogen-bond donors (Lipinski definition) is 0. The van der Waals surface area contributed by atoms with Gasteiger partial charge in [0.15, 0.2) is 0 Å². The average Bonchev–Trinajstić information content (AvgIpc) is 3.10. The van der Waals surface area contributed by atoms with Gasteiger partial charge in [0.05, 0.1) is 24.4 Å². The molecule has 26 heavy (non-hydrogen) atoms. The maximum absolute atomic E-state index is 6.32. The van der Waals surface area contributed by atoms with Crippen molar-refractivity contribution in [3.63, 3.8) is 0 Å². The standard InChI is InChI=1S/C19H25ClN4OS/c1-26-11-9-24-14-17(21-22-24)13-23-7-5-19(6-8-23)18-12-16(20)3-2-15(18)4-10-25-19/h2-3,12,14H,4-11,13H2,1H3. The molecule has 0 bridgehead atoms. The number of piperidine rings is 1. The number of ether oxygens (including phenoxy) is 1. The molecular weight excluding hydrogens is 368 g/mol. The van der Waals surface area contributed by atoms with Crippen LogP contribution in [0.5, 0.6) is 0 Å². The van der Waals surface area contributed by atoms with E-state index in [0.717, 1.165) is 68.5 Å². The Morgan fingerprint density at radius 2 is 2.15 bits per heavy atom. The summed E-state index contributed by atoms with van der Waals surface area (Å²) in [6, 6.07) is 6.28. The first-order chi connectivity index (χ1) is 12.7. The number of likely N-dealkylation sites (tertiary alicyclic amines) is 1. The van der Waals surface area contributed by atoms with E-state index in [9.17, 15) is 0 Å². The van der Waals surface area contributed by atoms with E-state index in [1.165, 1.54) is 11.1 Å². The van der Waals surface area contributed by atoms with Crippen molar-refractivity contribution < 1.29 is 4.74 Å². The first-order valence-corrected chi connectivity index (χ1v) is 11.0. The number of benzene rings is 1. The highest BCUT2D eigenvalue weighted by Crippen LogP contribution is 2.42. The lowest BCUT2D eigenvalue weighted by Crippen LogP contribution is -2.46. The Balaban J connectivity index is 1.40. The van der Waals surface area contributed by atoms with Gasteiger partial charge >= 0.3 is 0 Å². The highest BCUT2D eigenvalue weighted by atomic mass is 35.5. The molecular formula is C19H25ClN4OS. The minimum Gasteiger partial charge on any atom is -0.370 e. The summed E-state index contributed by atoms with van der Waals surface area (Å²) in [5.74, 6) is 1.06. The fourth-order valence-electron chi connectivity index (χ4n) is 4.05. The van der Waals surface area contributed by atoms with Crippen LogP contribution in [0.4, 0.5) is 0 Å². The minimum atomic E-state index is -0.162. The molecule has 0 aliphatic carbocycles. The van der Waals surface area contributed by atoms with Gasteiger partial charge in [0, 0.05) is 36.6 Å². The summed E-state index contributed by atoms with van der Waals surface area (Å²) in [4.78, 5) is 2.45. The van der Waals surface area contributed by atoms with Crippen molar-refractivity contribution in [3.05, 3.63) is 46.2 Å². The Kier molecular flexibility index (Phi) is 5.55. The van der Waals surface area contributed by atoms with Crippen molar-refractivity contribution in [3.8, 4) is 0 Å². The van der Waals surface area contributed by atoms with Crippen LogP contribution in [-0.2, 0) is 29.8 Å². The topological polar surface area (TPSA) is 43.2 Å². The molecule has 140 valence electrons. The van der Waals surface area contributed by atoms with Crippen LogP contribution in [0, 0.1) is 0 Å². The molecule has 2 aliphatic rings. The summed E-state index contributed by atoms with van der Waals surface area (Å²) in [5, 5.41) is 9.36. The molecule has 2 aromatic rings. The lowest BCUT2D eigenvalue weighted by Gasteiger charge is -2.45. The van der Waals surface area contributed by atoms with Crippen LogP contribution in [0.1, 0.15) is 29.7 Å². The maximum atomic E-state index is 6.32. The highest BCUT2D eigenvalue weighted by Gasteiger charge is 2.40. The summed E-state index contributed by atoms with van der Waals surface area (Å²) in [6.45, 7) is 4.59. The molecule has 0 amide bonds. The van der Waals surface area contributed by atoms with Crippen LogP contribution in [0.2, 0.25) is 5.02 Å². The molecule has 0 atom stereocenters. The molecule has 1 fully saturated rings. The highest BCUT2D eigenvalue weighted by molar-refractivity contribution is 7.98. The summed E-state index contributed by atoms with van der Waals surface area (Å²) in [6.07, 6.45) is 7.17. The van der Waals surface area contributed by atoms with Gasteiger partial charge in [-0.05, 0) is 48.8 Å². The zero-order valence-electron chi connectivity index (χ0n) is 15.2. The molecule has 0 unspecified atom stereocenters. The van der Waals surface area contributed by atoms with Crippen LogP contribution >= 0.6 is 23.4 Å². The SMILES string of the molecule is CSCCn1cc(CN2CCC3(CC2)OCCc2ccc(Cl)cc23)nn1. The van der Waals surface area contributed by atoms with E-state index in [-0.39, 0.29) is 5.60 Å².